The maximum Gasteiger partial charge on any atom is 0.319 e. The molecule has 1 fully saturated rings. The van der Waals surface area contributed by atoms with Crippen molar-refractivity contribution in [1.82, 2.24) is 10.3 Å². The van der Waals surface area contributed by atoms with E-state index < -0.39 is 0 Å². The molecule has 1 aromatic carbocycles. The Labute approximate surface area is 149 Å². The zero-order valence-corrected chi connectivity index (χ0v) is 15.1. The summed E-state index contributed by atoms with van der Waals surface area (Å²) in [4.78, 5) is 18.8. The van der Waals surface area contributed by atoms with Crippen LogP contribution in [0.5, 0.6) is 0 Å². The van der Waals surface area contributed by atoms with Gasteiger partial charge in [0.1, 0.15) is 5.82 Å². The zero-order valence-electron chi connectivity index (χ0n) is 15.1. The van der Waals surface area contributed by atoms with Crippen molar-refractivity contribution in [1.29, 1.82) is 0 Å². The van der Waals surface area contributed by atoms with E-state index in [0.717, 1.165) is 31.0 Å². The second kappa shape index (κ2) is 7.13. The Morgan fingerprint density at radius 1 is 1.16 bits per heavy atom. The van der Waals surface area contributed by atoms with Gasteiger partial charge < -0.3 is 15.5 Å². The van der Waals surface area contributed by atoms with Crippen LogP contribution in [0.1, 0.15) is 32.8 Å². The fourth-order valence-corrected chi connectivity index (χ4v) is 3.03. The third kappa shape index (κ3) is 4.50. The van der Waals surface area contributed by atoms with Gasteiger partial charge in [-0.1, -0.05) is 39.0 Å². The molecule has 1 atom stereocenters. The van der Waals surface area contributed by atoms with E-state index in [9.17, 15) is 4.79 Å². The molecule has 2 heterocycles. The van der Waals surface area contributed by atoms with Crippen molar-refractivity contribution in [2.45, 2.75) is 38.6 Å². The van der Waals surface area contributed by atoms with Crippen LogP contribution >= 0.6 is 0 Å². The average molecular weight is 338 g/mol. The molecule has 2 amide bonds. The van der Waals surface area contributed by atoms with E-state index in [4.69, 9.17) is 0 Å². The van der Waals surface area contributed by atoms with Crippen LogP contribution in [0, 0.1) is 0 Å². The van der Waals surface area contributed by atoms with Crippen LogP contribution < -0.4 is 15.5 Å². The monoisotopic (exact) mass is 338 g/mol. The van der Waals surface area contributed by atoms with Gasteiger partial charge in [-0.25, -0.2) is 9.78 Å². The van der Waals surface area contributed by atoms with Gasteiger partial charge >= 0.3 is 6.03 Å². The summed E-state index contributed by atoms with van der Waals surface area (Å²) < 4.78 is 0. The minimum atomic E-state index is -0.156. The molecule has 0 bridgehead atoms. The van der Waals surface area contributed by atoms with E-state index in [1.54, 1.807) is 6.20 Å². The summed E-state index contributed by atoms with van der Waals surface area (Å²) in [5, 5.41) is 5.97. The molecular weight excluding hydrogens is 312 g/mol. The Kier molecular flexibility index (Phi) is 4.93. The Hall–Kier alpha value is -2.56. The van der Waals surface area contributed by atoms with Gasteiger partial charge in [-0.3, -0.25) is 0 Å². The Morgan fingerprint density at radius 3 is 2.56 bits per heavy atom. The largest absolute Gasteiger partial charge is 0.354 e. The van der Waals surface area contributed by atoms with Crippen molar-refractivity contribution in [2.24, 2.45) is 0 Å². The standard InChI is InChI=1S/C20H26N4O/c1-20(2,3)15-7-9-16(10-8-15)22-19(25)23-17-11-13-24(14-17)18-6-4-5-12-21-18/h4-10,12,17H,11,13-14H2,1-3H3,(H2,22,23,25). The van der Waals surface area contributed by atoms with Gasteiger partial charge in [-0.15, -0.1) is 0 Å². The number of urea groups is 1. The lowest BCUT2D eigenvalue weighted by Crippen LogP contribution is -2.39. The van der Waals surface area contributed by atoms with Gasteiger partial charge in [0, 0.05) is 31.0 Å². The van der Waals surface area contributed by atoms with Gasteiger partial charge in [0.05, 0.1) is 0 Å². The molecule has 5 heteroatoms. The molecule has 2 aromatic rings. The summed E-state index contributed by atoms with van der Waals surface area (Å²) in [6, 6.07) is 13.9. The number of nitrogens with zero attached hydrogens (tertiary/aromatic N) is 2. The summed E-state index contributed by atoms with van der Waals surface area (Å²) in [5.41, 5.74) is 2.17. The number of carbonyl (C=O) groups is 1. The first kappa shape index (κ1) is 17.3. The number of rotatable bonds is 3. The molecule has 2 N–H and O–H groups in total. The molecule has 1 saturated heterocycles. The lowest BCUT2D eigenvalue weighted by Gasteiger charge is -2.20. The third-order valence-electron chi connectivity index (χ3n) is 4.51. The highest BCUT2D eigenvalue weighted by Crippen LogP contribution is 2.23. The van der Waals surface area contributed by atoms with Gasteiger partial charge in [-0.2, -0.15) is 0 Å². The highest BCUT2D eigenvalue weighted by Gasteiger charge is 2.24. The van der Waals surface area contributed by atoms with Crippen molar-refractivity contribution < 1.29 is 4.79 Å². The number of anilines is 2. The molecule has 132 valence electrons. The molecule has 0 radical (unpaired) electrons. The average Bonchev–Trinajstić information content (AvgIpc) is 3.03. The van der Waals surface area contributed by atoms with Crippen LogP contribution in [0.3, 0.4) is 0 Å². The minimum Gasteiger partial charge on any atom is -0.354 e. The molecule has 1 aromatic heterocycles. The summed E-state index contributed by atoms with van der Waals surface area (Å²) in [7, 11) is 0. The van der Waals surface area contributed by atoms with E-state index in [-0.39, 0.29) is 17.5 Å². The third-order valence-corrected chi connectivity index (χ3v) is 4.51. The number of benzene rings is 1. The lowest BCUT2D eigenvalue weighted by atomic mass is 9.87. The Bertz CT molecular complexity index is 707. The SMILES string of the molecule is CC(C)(C)c1ccc(NC(=O)NC2CCN(c3ccccn3)C2)cc1. The topological polar surface area (TPSA) is 57.3 Å². The molecule has 3 rings (SSSR count). The second-order valence-corrected chi connectivity index (χ2v) is 7.55. The fraction of sp³-hybridized carbons (Fsp3) is 0.400. The van der Waals surface area contributed by atoms with Crippen LogP contribution in [0.2, 0.25) is 0 Å². The summed E-state index contributed by atoms with van der Waals surface area (Å²) in [5.74, 6) is 0.963. The number of amides is 2. The summed E-state index contributed by atoms with van der Waals surface area (Å²) in [6.45, 7) is 8.22. The Balaban J connectivity index is 1.52. The molecule has 1 unspecified atom stereocenters. The van der Waals surface area contributed by atoms with Crippen LogP contribution in [0.25, 0.3) is 0 Å². The minimum absolute atomic E-state index is 0.111. The number of carbonyl (C=O) groups excluding carboxylic acids is 1. The first-order valence-electron chi connectivity index (χ1n) is 8.76. The first-order chi connectivity index (χ1) is 11.9. The molecule has 25 heavy (non-hydrogen) atoms. The molecule has 1 aliphatic heterocycles. The molecule has 0 spiro atoms. The van der Waals surface area contributed by atoms with Crippen LogP contribution in [0.4, 0.5) is 16.3 Å². The Morgan fingerprint density at radius 2 is 1.92 bits per heavy atom. The van der Waals surface area contributed by atoms with Gasteiger partial charge in [0.25, 0.3) is 0 Å². The maximum absolute atomic E-state index is 12.2. The normalized spacial score (nSPS) is 17.4. The van der Waals surface area contributed by atoms with E-state index in [0.29, 0.717) is 0 Å². The van der Waals surface area contributed by atoms with Crippen molar-refractivity contribution in [3.63, 3.8) is 0 Å². The molecule has 5 nitrogen and oxygen atoms in total. The van der Waals surface area contributed by atoms with E-state index >= 15 is 0 Å². The molecular formula is C20H26N4O. The highest BCUT2D eigenvalue weighted by atomic mass is 16.2. The smallest absolute Gasteiger partial charge is 0.319 e. The molecule has 0 aliphatic carbocycles. The maximum atomic E-state index is 12.2. The predicted molar refractivity (Wildman–Crippen MR) is 102 cm³/mol. The number of hydrogen-bond donors (Lipinski definition) is 2. The van der Waals surface area contributed by atoms with Gasteiger partial charge in [0.2, 0.25) is 0 Å². The number of pyridine rings is 1. The quantitative estimate of drug-likeness (QED) is 0.895. The number of aromatic nitrogens is 1. The van der Waals surface area contributed by atoms with Crippen molar-refractivity contribution in [3.05, 3.63) is 54.2 Å². The summed E-state index contributed by atoms with van der Waals surface area (Å²) in [6.07, 6.45) is 2.72. The summed E-state index contributed by atoms with van der Waals surface area (Å²) >= 11 is 0. The van der Waals surface area contributed by atoms with Crippen molar-refractivity contribution >= 4 is 17.5 Å². The van der Waals surface area contributed by atoms with Gasteiger partial charge in [-0.05, 0) is 41.7 Å². The van der Waals surface area contributed by atoms with Crippen LogP contribution in [0.15, 0.2) is 48.7 Å². The number of hydrogen-bond acceptors (Lipinski definition) is 3. The first-order valence-corrected chi connectivity index (χ1v) is 8.76. The van der Waals surface area contributed by atoms with Crippen molar-refractivity contribution in [2.75, 3.05) is 23.3 Å². The molecule has 0 saturated carbocycles. The van der Waals surface area contributed by atoms with Crippen LogP contribution in [-0.2, 0) is 5.41 Å². The van der Waals surface area contributed by atoms with E-state index in [1.165, 1.54) is 5.56 Å². The highest BCUT2D eigenvalue weighted by molar-refractivity contribution is 5.89. The van der Waals surface area contributed by atoms with E-state index in [1.807, 2.05) is 30.3 Å². The van der Waals surface area contributed by atoms with Gasteiger partial charge in [0.15, 0.2) is 0 Å². The van der Waals surface area contributed by atoms with E-state index in [2.05, 4.69) is 53.4 Å². The predicted octanol–water partition coefficient (Wildman–Crippen LogP) is 3.78. The molecule has 1 aliphatic rings. The van der Waals surface area contributed by atoms with Crippen molar-refractivity contribution in [3.8, 4) is 0 Å². The number of nitrogens with one attached hydrogen (secondary N) is 2. The fourth-order valence-electron chi connectivity index (χ4n) is 3.03. The zero-order chi connectivity index (χ0) is 17.9. The van der Waals surface area contributed by atoms with Crippen LogP contribution in [-0.4, -0.2) is 30.1 Å². The second-order valence-electron chi connectivity index (χ2n) is 7.55. The lowest BCUT2D eigenvalue weighted by molar-refractivity contribution is 0.249.